The number of nitrogens with zero attached hydrogens (tertiary/aromatic N) is 3. The summed E-state index contributed by atoms with van der Waals surface area (Å²) in [4.78, 5) is 2.12. The van der Waals surface area contributed by atoms with Gasteiger partial charge in [-0.15, -0.1) is 5.10 Å². The summed E-state index contributed by atoms with van der Waals surface area (Å²) in [6.07, 6.45) is 3.02. The maximum absolute atomic E-state index is 5.55. The zero-order valence-corrected chi connectivity index (χ0v) is 9.56. The van der Waals surface area contributed by atoms with Crippen LogP contribution in [0, 0.1) is 0 Å². The Morgan fingerprint density at radius 3 is 2.94 bits per heavy atom. The normalized spacial score (nSPS) is 15.4. The fourth-order valence-corrected chi connectivity index (χ4v) is 1.60. The molecule has 16 heavy (non-hydrogen) atoms. The molecule has 1 saturated carbocycles. The molecule has 0 amide bonds. The maximum Gasteiger partial charge on any atom is 0.318 e. The largest absolute Gasteiger partial charge is 0.408 e. The lowest BCUT2D eigenvalue weighted by atomic mass is 10.4. The first kappa shape index (κ1) is 11.3. The molecule has 1 aromatic rings. The Balaban J connectivity index is 1.99. The summed E-state index contributed by atoms with van der Waals surface area (Å²) in [5, 5.41) is 8.01. The topological polar surface area (TPSA) is 77.4 Å². The zero-order valence-electron chi connectivity index (χ0n) is 9.56. The van der Waals surface area contributed by atoms with E-state index in [0.717, 1.165) is 6.54 Å². The second kappa shape index (κ2) is 5.27. The molecule has 0 saturated heterocycles. The fraction of sp³-hybridized carbons (Fsp3) is 0.800. The van der Waals surface area contributed by atoms with E-state index in [4.69, 9.17) is 14.9 Å². The average Bonchev–Trinajstić information content (AvgIpc) is 3.01. The third-order valence-corrected chi connectivity index (χ3v) is 2.58. The second-order valence-corrected chi connectivity index (χ2v) is 3.93. The quantitative estimate of drug-likeness (QED) is 0.715. The van der Waals surface area contributed by atoms with E-state index in [1.54, 1.807) is 7.11 Å². The van der Waals surface area contributed by atoms with Crippen molar-refractivity contribution < 1.29 is 9.15 Å². The van der Waals surface area contributed by atoms with Crippen LogP contribution in [-0.2, 0) is 11.2 Å². The van der Waals surface area contributed by atoms with E-state index in [1.165, 1.54) is 12.8 Å². The van der Waals surface area contributed by atoms with Crippen LogP contribution in [0.3, 0.4) is 0 Å². The number of hydrogen-bond acceptors (Lipinski definition) is 6. The minimum Gasteiger partial charge on any atom is -0.408 e. The molecule has 1 aliphatic rings. The lowest BCUT2D eigenvalue weighted by Crippen LogP contribution is -2.29. The Morgan fingerprint density at radius 2 is 2.31 bits per heavy atom. The molecule has 0 aromatic carbocycles. The number of ether oxygens (including phenoxy) is 1. The van der Waals surface area contributed by atoms with Gasteiger partial charge in [0.05, 0.1) is 6.61 Å². The molecule has 0 aliphatic heterocycles. The third kappa shape index (κ3) is 2.70. The van der Waals surface area contributed by atoms with E-state index in [2.05, 4.69) is 15.1 Å². The predicted octanol–water partition coefficient (Wildman–Crippen LogP) is 0.186. The van der Waals surface area contributed by atoms with Crippen LogP contribution in [0.25, 0.3) is 0 Å². The zero-order chi connectivity index (χ0) is 11.4. The van der Waals surface area contributed by atoms with Gasteiger partial charge >= 0.3 is 6.01 Å². The van der Waals surface area contributed by atoms with E-state index in [1.807, 2.05) is 0 Å². The van der Waals surface area contributed by atoms with Crippen molar-refractivity contribution in [1.82, 2.24) is 10.2 Å². The van der Waals surface area contributed by atoms with E-state index in [9.17, 15) is 0 Å². The molecule has 90 valence electrons. The van der Waals surface area contributed by atoms with Crippen molar-refractivity contribution in [2.45, 2.75) is 25.3 Å². The molecule has 0 bridgehead atoms. The molecular weight excluding hydrogens is 208 g/mol. The molecular formula is C10H18N4O2. The molecule has 0 atom stereocenters. The van der Waals surface area contributed by atoms with Crippen LogP contribution in [-0.4, -0.2) is 43.0 Å². The first-order valence-electron chi connectivity index (χ1n) is 5.63. The minimum atomic E-state index is 0.531. The molecule has 1 aliphatic carbocycles. The summed E-state index contributed by atoms with van der Waals surface area (Å²) < 4.78 is 10.6. The van der Waals surface area contributed by atoms with E-state index in [0.29, 0.717) is 37.5 Å². The molecule has 1 heterocycles. The summed E-state index contributed by atoms with van der Waals surface area (Å²) in [6, 6.07) is 1.14. The standard InChI is InChI=1S/C10H18N4O2/c1-15-7-6-14(8-2-3-8)10-13-12-9(16-10)4-5-11/h8H,2-7,11H2,1H3. The summed E-state index contributed by atoms with van der Waals surface area (Å²) in [6.45, 7) is 2.00. The first-order chi connectivity index (χ1) is 7.85. The second-order valence-electron chi connectivity index (χ2n) is 3.93. The summed E-state index contributed by atoms with van der Waals surface area (Å²) in [5.41, 5.74) is 5.44. The van der Waals surface area contributed by atoms with Gasteiger partial charge in [0, 0.05) is 32.7 Å². The molecule has 6 heteroatoms. The highest BCUT2D eigenvalue weighted by Gasteiger charge is 2.32. The molecule has 0 spiro atoms. The number of nitrogens with two attached hydrogens (primary N) is 1. The molecule has 0 unspecified atom stereocenters. The van der Waals surface area contributed by atoms with Gasteiger partial charge in [-0.3, -0.25) is 0 Å². The van der Waals surface area contributed by atoms with Crippen LogP contribution in [0.1, 0.15) is 18.7 Å². The molecule has 1 fully saturated rings. The van der Waals surface area contributed by atoms with Crippen molar-refractivity contribution in [1.29, 1.82) is 0 Å². The van der Waals surface area contributed by atoms with Crippen molar-refractivity contribution in [3.63, 3.8) is 0 Å². The van der Waals surface area contributed by atoms with Gasteiger partial charge in [0.1, 0.15) is 0 Å². The van der Waals surface area contributed by atoms with Gasteiger partial charge in [-0.25, -0.2) is 0 Å². The highest BCUT2D eigenvalue weighted by Crippen LogP contribution is 2.30. The van der Waals surface area contributed by atoms with E-state index < -0.39 is 0 Å². The Kier molecular flexibility index (Phi) is 3.74. The van der Waals surface area contributed by atoms with Crippen molar-refractivity contribution in [3.05, 3.63) is 5.89 Å². The molecule has 0 radical (unpaired) electrons. The van der Waals surface area contributed by atoms with Gasteiger partial charge in [-0.05, 0) is 12.8 Å². The molecule has 2 N–H and O–H groups in total. The number of hydrogen-bond donors (Lipinski definition) is 1. The highest BCUT2D eigenvalue weighted by molar-refractivity contribution is 5.29. The van der Waals surface area contributed by atoms with Gasteiger partial charge in [-0.2, -0.15) is 0 Å². The Bertz CT molecular complexity index is 324. The van der Waals surface area contributed by atoms with Crippen LogP contribution in [0.2, 0.25) is 0 Å². The number of methoxy groups -OCH3 is 1. The van der Waals surface area contributed by atoms with Gasteiger partial charge in [0.2, 0.25) is 5.89 Å². The molecule has 6 nitrogen and oxygen atoms in total. The van der Waals surface area contributed by atoms with Crippen molar-refractivity contribution in [3.8, 4) is 0 Å². The van der Waals surface area contributed by atoms with Crippen LogP contribution in [0.15, 0.2) is 4.42 Å². The highest BCUT2D eigenvalue weighted by atomic mass is 16.5. The molecule has 2 rings (SSSR count). The van der Waals surface area contributed by atoms with Crippen LogP contribution < -0.4 is 10.6 Å². The van der Waals surface area contributed by atoms with E-state index >= 15 is 0 Å². The number of anilines is 1. The SMILES string of the molecule is COCCN(c1nnc(CCN)o1)C1CC1. The monoisotopic (exact) mass is 226 g/mol. The van der Waals surface area contributed by atoms with Crippen LogP contribution in [0.4, 0.5) is 6.01 Å². The van der Waals surface area contributed by atoms with Crippen LogP contribution >= 0.6 is 0 Å². The van der Waals surface area contributed by atoms with Crippen molar-refractivity contribution >= 4 is 6.01 Å². The predicted molar refractivity (Wildman–Crippen MR) is 59.3 cm³/mol. The summed E-state index contributed by atoms with van der Waals surface area (Å²) >= 11 is 0. The summed E-state index contributed by atoms with van der Waals surface area (Å²) in [7, 11) is 1.69. The van der Waals surface area contributed by atoms with E-state index in [-0.39, 0.29) is 0 Å². The fourth-order valence-electron chi connectivity index (χ4n) is 1.60. The Labute approximate surface area is 94.8 Å². The lowest BCUT2D eigenvalue weighted by molar-refractivity contribution is 0.203. The van der Waals surface area contributed by atoms with Gasteiger partial charge in [0.15, 0.2) is 0 Å². The first-order valence-corrected chi connectivity index (χ1v) is 5.63. The molecule has 1 aromatic heterocycles. The Hall–Kier alpha value is -1.14. The van der Waals surface area contributed by atoms with Gasteiger partial charge in [-0.1, -0.05) is 5.10 Å². The summed E-state index contributed by atoms with van der Waals surface area (Å²) in [5.74, 6) is 0.612. The van der Waals surface area contributed by atoms with Crippen LogP contribution in [0.5, 0.6) is 0 Å². The average molecular weight is 226 g/mol. The van der Waals surface area contributed by atoms with Gasteiger partial charge < -0.3 is 19.8 Å². The third-order valence-electron chi connectivity index (χ3n) is 2.58. The smallest absolute Gasteiger partial charge is 0.318 e. The maximum atomic E-state index is 5.55. The lowest BCUT2D eigenvalue weighted by Gasteiger charge is -2.18. The van der Waals surface area contributed by atoms with Crippen molar-refractivity contribution in [2.24, 2.45) is 5.73 Å². The van der Waals surface area contributed by atoms with Crippen molar-refractivity contribution in [2.75, 3.05) is 31.7 Å². The Morgan fingerprint density at radius 1 is 1.50 bits per heavy atom. The number of rotatable bonds is 7. The minimum absolute atomic E-state index is 0.531. The number of aromatic nitrogens is 2. The van der Waals surface area contributed by atoms with Gasteiger partial charge in [0.25, 0.3) is 0 Å².